The zero-order valence-electron chi connectivity index (χ0n) is 14.5. The van der Waals surface area contributed by atoms with Gasteiger partial charge in [0.1, 0.15) is 11.6 Å². The van der Waals surface area contributed by atoms with E-state index in [0.717, 1.165) is 6.07 Å². The molecule has 0 atom stereocenters. The zero-order valence-corrected chi connectivity index (χ0v) is 14.5. The molecule has 0 saturated heterocycles. The average molecular weight is 411 g/mol. The predicted octanol–water partition coefficient (Wildman–Crippen LogP) is 4.02. The number of hydrogen-bond acceptors (Lipinski definition) is 4. The number of fused-ring (bicyclic) bond motifs is 1. The minimum atomic E-state index is -4.97. The number of pyridine rings is 1. The van der Waals surface area contributed by atoms with Gasteiger partial charge in [0.05, 0.1) is 16.7 Å². The molecule has 2 aromatic rings. The first-order valence-corrected chi connectivity index (χ1v) is 8.01. The summed E-state index contributed by atoms with van der Waals surface area (Å²) in [6.45, 7) is 1.19. The number of carboxylic acids is 1. The highest BCUT2D eigenvalue weighted by molar-refractivity contribution is 6.27. The van der Waals surface area contributed by atoms with Crippen molar-refractivity contribution in [2.24, 2.45) is 0 Å². The van der Waals surface area contributed by atoms with E-state index >= 15 is 0 Å². The molecule has 0 saturated carbocycles. The number of halogens is 5. The molecular formula is C19H10F5NO4. The summed E-state index contributed by atoms with van der Waals surface area (Å²) in [5.41, 5.74) is -5.06. The van der Waals surface area contributed by atoms with Crippen molar-refractivity contribution in [3.63, 3.8) is 0 Å². The number of hydrogen-bond donors (Lipinski definition) is 1. The van der Waals surface area contributed by atoms with Crippen molar-refractivity contribution < 1.29 is 41.4 Å². The van der Waals surface area contributed by atoms with Crippen LogP contribution in [0.2, 0.25) is 0 Å². The number of ketones is 2. The van der Waals surface area contributed by atoms with Crippen molar-refractivity contribution in [2.45, 2.75) is 19.5 Å². The van der Waals surface area contributed by atoms with E-state index in [0.29, 0.717) is 18.2 Å². The molecule has 0 radical (unpaired) electrons. The molecule has 0 amide bonds. The van der Waals surface area contributed by atoms with E-state index in [1.807, 2.05) is 0 Å². The molecule has 1 aliphatic carbocycles. The number of Topliss-reactive ketones (excluding diaryl/α,β-unsaturated/α-hetero) is 2. The van der Waals surface area contributed by atoms with Crippen LogP contribution in [0, 0.1) is 11.6 Å². The smallest absolute Gasteiger partial charge is 0.418 e. The molecule has 150 valence electrons. The first-order valence-electron chi connectivity index (χ1n) is 8.01. The Bertz CT molecular complexity index is 1120. The summed E-state index contributed by atoms with van der Waals surface area (Å²) in [4.78, 5) is 39.7. The van der Waals surface area contributed by atoms with Crippen LogP contribution < -0.4 is 0 Å². The maximum atomic E-state index is 14.1. The van der Waals surface area contributed by atoms with Crippen molar-refractivity contribution in [1.82, 2.24) is 4.98 Å². The Morgan fingerprint density at radius 2 is 1.55 bits per heavy atom. The van der Waals surface area contributed by atoms with Crippen molar-refractivity contribution in [3.05, 3.63) is 75.1 Å². The lowest BCUT2D eigenvalue weighted by atomic mass is 9.82. The van der Waals surface area contributed by atoms with Gasteiger partial charge in [0.15, 0.2) is 17.3 Å². The second-order valence-electron chi connectivity index (χ2n) is 6.22. The number of allylic oxidation sites excluding steroid dienone is 2. The molecule has 5 nitrogen and oxygen atoms in total. The molecule has 0 aliphatic heterocycles. The highest BCUT2D eigenvalue weighted by atomic mass is 19.4. The van der Waals surface area contributed by atoms with Crippen LogP contribution in [0.5, 0.6) is 0 Å². The normalized spacial score (nSPS) is 14.3. The highest BCUT2D eigenvalue weighted by Gasteiger charge is 2.38. The van der Waals surface area contributed by atoms with Gasteiger partial charge in [-0.25, -0.2) is 18.6 Å². The molecular weight excluding hydrogens is 401 g/mol. The lowest BCUT2D eigenvalue weighted by Gasteiger charge is -2.20. The van der Waals surface area contributed by atoms with Gasteiger partial charge in [-0.15, -0.1) is 0 Å². The van der Waals surface area contributed by atoms with E-state index in [2.05, 4.69) is 4.98 Å². The van der Waals surface area contributed by atoms with Crippen LogP contribution in [-0.4, -0.2) is 27.6 Å². The Balaban J connectivity index is 2.09. The van der Waals surface area contributed by atoms with Crippen LogP contribution >= 0.6 is 0 Å². The molecule has 1 aliphatic rings. The molecule has 1 heterocycles. The standard InChI is InChI=1S/C19H10F5NO4/c1-7-9(17(27)14-12(21)5-4-11(20)13(14)16(7)26)6-8-2-3-10(19(22,23)24)15(25-8)18(28)29/h2-5H,6H2,1H3,(H,28,29). The van der Waals surface area contributed by atoms with Crippen LogP contribution in [0.25, 0.3) is 0 Å². The maximum Gasteiger partial charge on any atom is 0.418 e. The van der Waals surface area contributed by atoms with Gasteiger partial charge in [0.2, 0.25) is 0 Å². The van der Waals surface area contributed by atoms with E-state index in [9.17, 15) is 36.3 Å². The lowest BCUT2D eigenvalue weighted by Crippen LogP contribution is -2.25. The van der Waals surface area contributed by atoms with Gasteiger partial charge >= 0.3 is 12.1 Å². The lowest BCUT2D eigenvalue weighted by molar-refractivity contribution is -0.138. The summed E-state index contributed by atoms with van der Waals surface area (Å²) in [6, 6.07) is 2.72. The topological polar surface area (TPSA) is 84.3 Å². The van der Waals surface area contributed by atoms with E-state index < -0.39 is 64.2 Å². The number of rotatable bonds is 3. The van der Waals surface area contributed by atoms with E-state index in [4.69, 9.17) is 5.11 Å². The summed E-state index contributed by atoms with van der Waals surface area (Å²) in [6.07, 6.45) is -5.51. The number of aromatic carboxylic acids is 1. The Labute approximate surface area is 159 Å². The zero-order chi connectivity index (χ0) is 21.7. The van der Waals surface area contributed by atoms with E-state index in [-0.39, 0.29) is 16.8 Å². The van der Waals surface area contributed by atoms with Crippen LogP contribution in [0.4, 0.5) is 22.0 Å². The Kier molecular flexibility index (Phi) is 4.81. The third-order valence-corrected chi connectivity index (χ3v) is 4.44. The van der Waals surface area contributed by atoms with Gasteiger partial charge in [-0.1, -0.05) is 0 Å². The SMILES string of the molecule is CC1=C(Cc2ccc(C(F)(F)F)c(C(=O)O)n2)C(=O)c2c(F)ccc(F)c2C1=O. The number of nitrogens with zero attached hydrogens (tertiary/aromatic N) is 1. The monoisotopic (exact) mass is 411 g/mol. The molecule has 0 spiro atoms. The molecule has 0 unspecified atom stereocenters. The van der Waals surface area contributed by atoms with Gasteiger partial charge in [0, 0.05) is 23.3 Å². The summed E-state index contributed by atoms with van der Waals surface area (Å²) in [5.74, 6) is -6.12. The van der Waals surface area contributed by atoms with Gasteiger partial charge in [0.25, 0.3) is 0 Å². The largest absolute Gasteiger partial charge is 0.476 e. The molecule has 10 heteroatoms. The fourth-order valence-electron chi connectivity index (χ4n) is 3.03. The molecule has 1 N–H and O–H groups in total. The molecule has 0 bridgehead atoms. The number of carbonyl (C=O) groups is 3. The molecule has 3 rings (SSSR count). The average Bonchev–Trinajstić information content (AvgIpc) is 2.64. The van der Waals surface area contributed by atoms with Crippen LogP contribution in [0.15, 0.2) is 35.4 Å². The number of alkyl halides is 3. The highest BCUT2D eigenvalue weighted by Crippen LogP contribution is 2.34. The first kappa shape index (κ1) is 20.3. The van der Waals surface area contributed by atoms with Gasteiger partial charge < -0.3 is 5.11 Å². The van der Waals surface area contributed by atoms with Crippen LogP contribution in [0.3, 0.4) is 0 Å². The third-order valence-electron chi connectivity index (χ3n) is 4.44. The number of carboxylic acid groups (broad SMARTS) is 1. The van der Waals surface area contributed by atoms with E-state index in [1.54, 1.807) is 0 Å². The fraction of sp³-hybridized carbons (Fsp3) is 0.158. The van der Waals surface area contributed by atoms with Crippen molar-refractivity contribution in [2.75, 3.05) is 0 Å². The van der Waals surface area contributed by atoms with Gasteiger partial charge in [-0.3, -0.25) is 9.59 Å². The van der Waals surface area contributed by atoms with Crippen LogP contribution in [-0.2, 0) is 12.6 Å². The summed E-state index contributed by atoms with van der Waals surface area (Å²) in [5, 5.41) is 9.02. The summed E-state index contributed by atoms with van der Waals surface area (Å²) >= 11 is 0. The Morgan fingerprint density at radius 3 is 2.07 bits per heavy atom. The van der Waals surface area contributed by atoms with Crippen molar-refractivity contribution >= 4 is 17.5 Å². The first-order chi connectivity index (χ1) is 13.4. The minimum Gasteiger partial charge on any atom is -0.476 e. The second-order valence-corrected chi connectivity index (χ2v) is 6.22. The Hall–Kier alpha value is -3.43. The van der Waals surface area contributed by atoms with Crippen LogP contribution in [0.1, 0.15) is 49.4 Å². The minimum absolute atomic E-state index is 0.231. The van der Waals surface area contributed by atoms with Crippen molar-refractivity contribution in [3.8, 4) is 0 Å². The molecule has 0 fully saturated rings. The third kappa shape index (κ3) is 3.41. The quantitative estimate of drug-likeness (QED) is 0.772. The second kappa shape index (κ2) is 6.87. The molecule has 1 aromatic carbocycles. The summed E-state index contributed by atoms with van der Waals surface area (Å²) in [7, 11) is 0. The number of benzene rings is 1. The van der Waals surface area contributed by atoms with E-state index in [1.165, 1.54) is 6.92 Å². The molecule has 29 heavy (non-hydrogen) atoms. The molecule has 1 aromatic heterocycles. The number of aromatic nitrogens is 1. The Morgan fingerprint density at radius 1 is 1.00 bits per heavy atom. The fourth-order valence-corrected chi connectivity index (χ4v) is 3.03. The summed E-state index contributed by atoms with van der Waals surface area (Å²) < 4.78 is 66.8. The maximum absolute atomic E-state index is 14.1. The number of carbonyl (C=O) groups excluding carboxylic acids is 2. The predicted molar refractivity (Wildman–Crippen MR) is 87.6 cm³/mol. The van der Waals surface area contributed by atoms with Gasteiger partial charge in [-0.2, -0.15) is 13.2 Å². The van der Waals surface area contributed by atoms with Crippen molar-refractivity contribution in [1.29, 1.82) is 0 Å². The van der Waals surface area contributed by atoms with Gasteiger partial charge in [-0.05, 0) is 31.2 Å².